The third kappa shape index (κ3) is 6.46. The van der Waals surface area contributed by atoms with Crippen molar-refractivity contribution in [2.24, 2.45) is 5.73 Å². The number of ether oxygens (including phenoxy) is 1. The number of rotatable bonds is 7. The van der Waals surface area contributed by atoms with Gasteiger partial charge in [0.05, 0.1) is 17.2 Å². The van der Waals surface area contributed by atoms with E-state index in [2.05, 4.69) is 0 Å². The fraction of sp³-hybridized carbons (Fsp3) is 0.400. The van der Waals surface area contributed by atoms with E-state index in [0.29, 0.717) is 5.75 Å². The van der Waals surface area contributed by atoms with Crippen LogP contribution in [-0.2, 0) is 16.6 Å². The first-order valence-corrected chi connectivity index (χ1v) is 10.2. The molecule has 0 aliphatic heterocycles. The maximum atomic E-state index is 13.3. The second kappa shape index (κ2) is 9.71. The van der Waals surface area contributed by atoms with E-state index in [4.69, 9.17) is 10.5 Å². The van der Waals surface area contributed by atoms with Gasteiger partial charge >= 0.3 is 0 Å². The van der Waals surface area contributed by atoms with E-state index in [0.717, 1.165) is 9.87 Å². The zero-order valence-electron chi connectivity index (χ0n) is 16.6. The molecule has 2 rings (SSSR count). The molecular weight excluding hydrogens is 400 g/mol. The van der Waals surface area contributed by atoms with Crippen LogP contribution in [0.4, 0.5) is 0 Å². The van der Waals surface area contributed by atoms with Crippen LogP contribution in [0.1, 0.15) is 33.3 Å². The van der Waals surface area contributed by atoms with Crippen molar-refractivity contribution in [3.05, 3.63) is 60.2 Å². The smallest absolute Gasteiger partial charge is 0.244 e. The Kier molecular flexibility index (Phi) is 8.46. The summed E-state index contributed by atoms with van der Waals surface area (Å²) in [6.45, 7) is 7.19. The van der Waals surface area contributed by atoms with Gasteiger partial charge in [-0.3, -0.25) is 0 Å². The SMILES string of the molecule is C[C@@H](O)[C@@H](N)N(Cc1ccccc1)S(=O)(=O)c1cccc(OC(C)(C)C)c1.Cl. The molecule has 0 aromatic heterocycles. The summed E-state index contributed by atoms with van der Waals surface area (Å²) in [6, 6.07) is 15.4. The van der Waals surface area contributed by atoms with Gasteiger partial charge in [0.15, 0.2) is 0 Å². The molecule has 0 aliphatic rings. The number of nitrogens with two attached hydrogens (primary N) is 1. The van der Waals surface area contributed by atoms with Gasteiger partial charge in [0.25, 0.3) is 0 Å². The van der Waals surface area contributed by atoms with Crippen molar-refractivity contribution >= 4 is 22.4 Å². The van der Waals surface area contributed by atoms with Crippen LogP contribution in [0.25, 0.3) is 0 Å². The maximum absolute atomic E-state index is 13.3. The molecule has 28 heavy (non-hydrogen) atoms. The van der Waals surface area contributed by atoms with Crippen LogP contribution in [0, 0.1) is 0 Å². The van der Waals surface area contributed by atoms with Crippen LogP contribution in [-0.4, -0.2) is 35.7 Å². The minimum Gasteiger partial charge on any atom is -0.488 e. The molecule has 0 aliphatic carbocycles. The van der Waals surface area contributed by atoms with Gasteiger partial charge < -0.3 is 15.6 Å². The maximum Gasteiger partial charge on any atom is 0.244 e. The number of aliphatic hydroxyl groups excluding tert-OH is 1. The van der Waals surface area contributed by atoms with Crippen molar-refractivity contribution in [1.82, 2.24) is 4.31 Å². The summed E-state index contributed by atoms with van der Waals surface area (Å²) in [5.74, 6) is 0.453. The summed E-state index contributed by atoms with van der Waals surface area (Å²) < 4.78 is 33.5. The van der Waals surface area contributed by atoms with Crippen LogP contribution in [0.5, 0.6) is 5.75 Å². The highest BCUT2D eigenvalue weighted by Gasteiger charge is 2.32. The number of halogens is 1. The first-order valence-electron chi connectivity index (χ1n) is 8.79. The monoisotopic (exact) mass is 428 g/mol. The lowest BCUT2D eigenvalue weighted by Gasteiger charge is -2.30. The number of benzene rings is 2. The van der Waals surface area contributed by atoms with E-state index in [-0.39, 0.29) is 23.8 Å². The van der Waals surface area contributed by atoms with Gasteiger partial charge in [-0.2, -0.15) is 4.31 Å². The van der Waals surface area contributed by atoms with Crippen molar-refractivity contribution in [3.63, 3.8) is 0 Å². The van der Waals surface area contributed by atoms with Crippen LogP contribution in [0.15, 0.2) is 59.5 Å². The number of hydrogen-bond acceptors (Lipinski definition) is 5. The van der Waals surface area contributed by atoms with Gasteiger partial charge in [-0.25, -0.2) is 8.42 Å². The van der Waals surface area contributed by atoms with Gasteiger partial charge in [-0.05, 0) is 45.4 Å². The highest BCUT2D eigenvalue weighted by molar-refractivity contribution is 7.89. The van der Waals surface area contributed by atoms with E-state index in [9.17, 15) is 13.5 Å². The van der Waals surface area contributed by atoms with Crippen LogP contribution >= 0.6 is 12.4 Å². The normalized spacial score (nSPS) is 14.2. The third-order valence-electron chi connectivity index (χ3n) is 3.84. The van der Waals surface area contributed by atoms with Gasteiger partial charge in [0.2, 0.25) is 10.0 Å². The number of sulfonamides is 1. The van der Waals surface area contributed by atoms with Crippen molar-refractivity contribution < 1.29 is 18.3 Å². The Morgan fingerprint density at radius 1 is 1.11 bits per heavy atom. The molecule has 2 atom stereocenters. The number of nitrogens with zero attached hydrogens (tertiary/aromatic N) is 1. The fourth-order valence-corrected chi connectivity index (χ4v) is 4.14. The molecule has 156 valence electrons. The molecule has 0 spiro atoms. The molecular formula is C20H29ClN2O4S. The fourth-order valence-electron chi connectivity index (χ4n) is 2.54. The average Bonchev–Trinajstić information content (AvgIpc) is 2.58. The summed E-state index contributed by atoms with van der Waals surface area (Å²) in [6.07, 6.45) is -2.11. The van der Waals surface area contributed by atoms with Gasteiger partial charge in [-0.1, -0.05) is 36.4 Å². The zero-order valence-corrected chi connectivity index (χ0v) is 18.2. The summed E-state index contributed by atoms with van der Waals surface area (Å²) in [7, 11) is -3.95. The molecule has 2 aromatic rings. The third-order valence-corrected chi connectivity index (χ3v) is 5.68. The van der Waals surface area contributed by atoms with E-state index < -0.39 is 27.9 Å². The zero-order chi connectivity index (χ0) is 20.2. The second-order valence-electron chi connectivity index (χ2n) is 7.46. The Balaban J connectivity index is 0.00000392. The molecule has 0 unspecified atom stereocenters. The lowest BCUT2D eigenvalue weighted by atomic mass is 10.2. The Hall–Kier alpha value is -1.64. The molecule has 8 heteroatoms. The summed E-state index contributed by atoms with van der Waals surface area (Å²) in [4.78, 5) is 0.0660. The van der Waals surface area contributed by atoms with Crippen LogP contribution in [0.3, 0.4) is 0 Å². The second-order valence-corrected chi connectivity index (χ2v) is 9.35. The van der Waals surface area contributed by atoms with Gasteiger partial charge in [0.1, 0.15) is 11.4 Å². The van der Waals surface area contributed by atoms with Gasteiger partial charge in [-0.15, -0.1) is 12.4 Å². The van der Waals surface area contributed by atoms with Crippen molar-refractivity contribution in [2.45, 2.75) is 57.0 Å². The molecule has 0 fully saturated rings. The van der Waals surface area contributed by atoms with Gasteiger partial charge in [0, 0.05) is 12.6 Å². The number of hydrogen-bond donors (Lipinski definition) is 2. The minimum atomic E-state index is -3.95. The van der Waals surface area contributed by atoms with Crippen LogP contribution in [0.2, 0.25) is 0 Å². The number of aliphatic hydroxyl groups is 1. The minimum absolute atomic E-state index is 0. The lowest BCUT2D eigenvalue weighted by molar-refractivity contribution is 0.105. The van der Waals surface area contributed by atoms with Crippen molar-refractivity contribution in [3.8, 4) is 5.75 Å². The van der Waals surface area contributed by atoms with E-state index >= 15 is 0 Å². The highest BCUT2D eigenvalue weighted by Crippen LogP contribution is 2.26. The van der Waals surface area contributed by atoms with Crippen molar-refractivity contribution in [2.75, 3.05) is 0 Å². The first kappa shape index (κ1) is 24.4. The predicted octanol–water partition coefficient (Wildman–Crippen LogP) is 3.14. The molecule has 0 saturated carbocycles. The molecule has 2 aromatic carbocycles. The molecule has 0 heterocycles. The summed E-state index contributed by atoms with van der Waals surface area (Å²) in [5, 5.41) is 9.93. The standard InChI is InChI=1S/C20H28N2O4S.ClH/c1-15(23)19(21)22(14-16-9-6-5-7-10-16)27(24,25)18-12-8-11-17(13-18)26-20(2,3)4;/h5-13,15,19,23H,14,21H2,1-4H3;1H/t15-,19+;/m1./s1. The molecule has 3 N–H and O–H groups in total. The molecule has 6 nitrogen and oxygen atoms in total. The largest absolute Gasteiger partial charge is 0.488 e. The highest BCUT2D eigenvalue weighted by atomic mass is 35.5. The average molecular weight is 429 g/mol. The van der Waals surface area contributed by atoms with E-state index in [1.807, 2.05) is 51.1 Å². The van der Waals surface area contributed by atoms with E-state index in [1.54, 1.807) is 12.1 Å². The quantitative estimate of drug-likeness (QED) is 0.661. The van der Waals surface area contributed by atoms with Crippen molar-refractivity contribution in [1.29, 1.82) is 0 Å². The molecule has 0 radical (unpaired) electrons. The summed E-state index contributed by atoms with van der Waals surface area (Å²) >= 11 is 0. The molecule has 0 saturated heterocycles. The molecule has 0 amide bonds. The first-order chi connectivity index (χ1) is 12.5. The summed E-state index contributed by atoms with van der Waals surface area (Å²) in [5.41, 5.74) is 6.36. The molecule has 0 bridgehead atoms. The van der Waals surface area contributed by atoms with E-state index in [1.165, 1.54) is 19.1 Å². The van der Waals surface area contributed by atoms with Crippen LogP contribution < -0.4 is 10.5 Å². The Morgan fingerprint density at radius 3 is 2.25 bits per heavy atom. The Bertz CT molecular complexity index is 852. The Morgan fingerprint density at radius 2 is 1.71 bits per heavy atom. The lowest BCUT2D eigenvalue weighted by Crippen LogP contribution is -2.51. The topological polar surface area (TPSA) is 92.9 Å². The Labute approximate surface area is 173 Å². The predicted molar refractivity (Wildman–Crippen MR) is 113 cm³/mol.